The van der Waals surface area contributed by atoms with Gasteiger partial charge >= 0.3 is 14.2 Å². The largest absolute Gasteiger partial charge is 0.494 e. The number of hydrogen-bond acceptors (Lipinski definition) is 11. The molecule has 6 aromatic carbocycles. The molecule has 8 aromatic rings. The Hall–Kier alpha value is -5.32. The number of benzene rings is 6. The standard InChI is InChI=1S/C25H26BNO3S.C19H13BN2O3S.CH4/c1-16-27-22-13-8-18-14-20(11-12-21(18)23(22)31-16)28-15-17-6-9-19(10-7-17)26-29-24(2,3)25(4,5)30-26;21-10-18-22-17-8-3-13-9-15(6-7-16(13)19(17)26-18)25-11-12-1-4-14(5-2-12)20(23)24;/h6-14H,15H2,1-5H3;1-9,23-24H,11H2;1H4. The first-order chi connectivity index (χ1) is 27.4. The summed E-state index contributed by atoms with van der Waals surface area (Å²) in [5.74, 6) is 1.61. The molecule has 9 rings (SSSR count). The molecule has 3 heterocycles. The fraction of sp³-hybridized carbons (Fsp3) is 0.222. The van der Waals surface area contributed by atoms with Gasteiger partial charge in [0.1, 0.15) is 30.8 Å². The number of rotatable bonds is 8. The molecule has 0 radical (unpaired) electrons. The SMILES string of the molecule is C.Cc1nc2ccc3cc(OCc4ccc(B5OC(C)(C)C(C)(C)O5)cc4)ccc3c2s1.N#Cc1nc2ccc3cc(OCc4ccc(B(O)O)cc4)ccc3c2s1. The summed E-state index contributed by atoms with van der Waals surface area (Å²) in [6.07, 6.45) is 0. The molecule has 0 aliphatic carbocycles. The molecule has 2 aromatic heterocycles. The summed E-state index contributed by atoms with van der Waals surface area (Å²) in [6, 6.07) is 37.5. The van der Waals surface area contributed by atoms with Crippen LogP contribution < -0.4 is 20.4 Å². The number of ether oxygens (including phenoxy) is 2. The van der Waals surface area contributed by atoms with Crippen LogP contribution in [0.2, 0.25) is 0 Å². The Bertz CT molecular complexity index is 2760. The first-order valence-electron chi connectivity index (χ1n) is 18.5. The topological polar surface area (TPSA) is 127 Å². The van der Waals surface area contributed by atoms with E-state index in [4.69, 9.17) is 34.1 Å². The normalized spacial score (nSPS) is 14.2. The van der Waals surface area contributed by atoms with Gasteiger partial charge in [-0.25, -0.2) is 9.97 Å². The molecule has 0 spiro atoms. The van der Waals surface area contributed by atoms with Crippen molar-refractivity contribution in [3.63, 3.8) is 0 Å². The van der Waals surface area contributed by atoms with Crippen molar-refractivity contribution in [2.45, 2.75) is 66.5 Å². The quantitative estimate of drug-likeness (QED) is 0.145. The fourth-order valence-electron chi connectivity index (χ4n) is 6.59. The van der Waals surface area contributed by atoms with Crippen LogP contribution in [0, 0.1) is 18.3 Å². The lowest BCUT2D eigenvalue weighted by Crippen LogP contribution is -2.41. The number of hydrogen-bond donors (Lipinski definition) is 2. The van der Waals surface area contributed by atoms with Crippen molar-refractivity contribution in [2.75, 3.05) is 0 Å². The van der Waals surface area contributed by atoms with E-state index < -0.39 is 7.12 Å². The van der Waals surface area contributed by atoms with Crippen molar-refractivity contribution >= 4 is 89.8 Å². The molecule has 0 bridgehead atoms. The second kappa shape index (κ2) is 16.5. The third-order valence-electron chi connectivity index (χ3n) is 10.5. The van der Waals surface area contributed by atoms with Crippen LogP contribution in [0.3, 0.4) is 0 Å². The molecule has 1 aliphatic heterocycles. The molecule has 9 nitrogen and oxygen atoms in total. The number of thiazole rings is 2. The van der Waals surface area contributed by atoms with E-state index in [1.165, 1.54) is 26.8 Å². The van der Waals surface area contributed by atoms with Crippen molar-refractivity contribution < 1.29 is 28.8 Å². The Kier molecular flexibility index (Phi) is 11.6. The maximum absolute atomic E-state index is 9.12. The van der Waals surface area contributed by atoms with Crippen LogP contribution in [0.1, 0.15) is 56.3 Å². The molecule has 1 aliphatic rings. The van der Waals surface area contributed by atoms with Crippen molar-refractivity contribution in [3.05, 3.63) is 130 Å². The minimum atomic E-state index is -1.46. The number of aromatic nitrogens is 2. The van der Waals surface area contributed by atoms with Crippen LogP contribution in [-0.4, -0.2) is 45.5 Å². The first kappa shape index (κ1) is 40.9. The molecule has 292 valence electrons. The Balaban J connectivity index is 0.000000176. The van der Waals surface area contributed by atoms with Crippen LogP contribution in [0.4, 0.5) is 0 Å². The highest BCUT2D eigenvalue weighted by Crippen LogP contribution is 2.37. The monoisotopic (exact) mass is 807 g/mol. The number of fused-ring (bicyclic) bond motifs is 6. The van der Waals surface area contributed by atoms with Crippen molar-refractivity contribution in [1.82, 2.24) is 9.97 Å². The highest BCUT2D eigenvalue weighted by molar-refractivity contribution is 7.20. The minimum absolute atomic E-state index is 0. The predicted octanol–water partition coefficient (Wildman–Crippen LogP) is 8.85. The lowest BCUT2D eigenvalue weighted by molar-refractivity contribution is 0.00578. The van der Waals surface area contributed by atoms with Crippen molar-refractivity contribution in [2.24, 2.45) is 0 Å². The summed E-state index contributed by atoms with van der Waals surface area (Å²) in [6.45, 7) is 11.2. The summed E-state index contributed by atoms with van der Waals surface area (Å²) in [4.78, 5) is 8.87. The lowest BCUT2D eigenvalue weighted by Gasteiger charge is -2.32. The molecule has 1 saturated heterocycles. The maximum atomic E-state index is 9.12. The number of nitriles is 1. The van der Waals surface area contributed by atoms with Gasteiger partial charge in [-0.15, -0.1) is 22.7 Å². The summed E-state index contributed by atoms with van der Waals surface area (Å²) in [5.41, 5.74) is 4.74. The van der Waals surface area contributed by atoms with E-state index in [2.05, 4.69) is 92.3 Å². The Labute approximate surface area is 346 Å². The Morgan fingerprint density at radius 2 is 1.19 bits per heavy atom. The zero-order chi connectivity index (χ0) is 39.9. The van der Waals surface area contributed by atoms with Crippen LogP contribution in [0.15, 0.2) is 109 Å². The minimum Gasteiger partial charge on any atom is -0.489 e. The van der Waals surface area contributed by atoms with E-state index in [9.17, 15) is 0 Å². The molecular formula is C45H43B2N3O6S2. The van der Waals surface area contributed by atoms with Gasteiger partial charge in [0.05, 0.1) is 36.6 Å². The van der Waals surface area contributed by atoms with E-state index in [0.29, 0.717) is 23.7 Å². The van der Waals surface area contributed by atoms with E-state index in [1.54, 1.807) is 35.6 Å². The fourth-order valence-corrected chi connectivity index (χ4v) is 8.44. The van der Waals surface area contributed by atoms with E-state index in [0.717, 1.165) is 59.6 Å². The van der Waals surface area contributed by atoms with Gasteiger partial charge in [-0.05, 0) is 116 Å². The third kappa shape index (κ3) is 8.45. The highest BCUT2D eigenvalue weighted by atomic mass is 32.1. The zero-order valence-electron chi connectivity index (χ0n) is 32.1. The van der Waals surface area contributed by atoms with Gasteiger partial charge in [0.2, 0.25) is 0 Å². The highest BCUT2D eigenvalue weighted by Gasteiger charge is 2.51. The van der Waals surface area contributed by atoms with Crippen LogP contribution in [-0.2, 0) is 22.5 Å². The first-order valence-corrected chi connectivity index (χ1v) is 20.2. The number of aryl methyl sites for hydroxylation is 1. The lowest BCUT2D eigenvalue weighted by atomic mass is 9.79. The van der Waals surface area contributed by atoms with E-state index >= 15 is 0 Å². The average molecular weight is 808 g/mol. The van der Waals surface area contributed by atoms with E-state index in [1.807, 2.05) is 43.3 Å². The zero-order valence-corrected chi connectivity index (χ0v) is 33.8. The van der Waals surface area contributed by atoms with Gasteiger partial charge in [-0.3, -0.25) is 0 Å². The smallest absolute Gasteiger partial charge is 0.489 e. The van der Waals surface area contributed by atoms with Crippen molar-refractivity contribution in [1.29, 1.82) is 5.26 Å². The molecule has 2 N–H and O–H groups in total. The summed E-state index contributed by atoms with van der Waals surface area (Å²) in [7, 11) is -1.80. The summed E-state index contributed by atoms with van der Waals surface area (Å²) < 4.78 is 26.4. The van der Waals surface area contributed by atoms with E-state index in [-0.39, 0.29) is 25.7 Å². The second-order valence-corrected chi connectivity index (χ2v) is 17.2. The Morgan fingerprint density at radius 1 is 0.690 bits per heavy atom. The summed E-state index contributed by atoms with van der Waals surface area (Å²) in [5, 5.41) is 33.3. The second-order valence-electron chi connectivity index (χ2n) is 15.0. The molecule has 0 amide bonds. The molecule has 58 heavy (non-hydrogen) atoms. The molecule has 0 atom stereocenters. The van der Waals surface area contributed by atoms with Gasteiger partial charge < -0.3 is 28.8 Å². The van der Waals surface area contributed by atoms with Gasteiger partial charge in [-0.2, -0.15) is 5.26 Å². The molecular weight excluding hydrogens is 764 g/mol. The molecule has 0 unspecified atom stereocenters. The van der Waals surface area contributed by atoms with Crippen molar-refractivity contribution in [3.8, 4) is 17.6 Å². The van der Waals surface area contributed by atoms with Gasteiger partial charge in [0.25, 0.3) is 0 Å². The summed E-state index contributed by atoms with van der Waals surface area (Å²) >= 11 is 3.13. The Morgan fingerprint density at radius 3 is 1.71 bits per heavy atom. The van der Waals surface area contributed by atoms with Crippen LogP contribution >= 0.6 is 22.7 Å². The van der Waals surface area contributed by atoms with Gasteiger partial charge in [0.15, 0.2) is 5.01 Å². The molecule has 0 saturated carbocycles. The van der Waals surface area contributed by atoms with Gasteiger partial charge in [0, 0.05) is 10.8 Å². The van der Waals surface area contributed by atoms with Crippen LogP contribution in [0.25, 0.3) is 42.0 Å². The van der Waals surface area contributed by atoms with Crippen LogP contribution in [0.5, 0.6) is 11.5 Å². The maximum Gasteiger partial charge on any atom is 0.494 e. The molecule has 1 fully saturated rings. The predicted molar refractivity (Wildman–Crippen MR) is 238 cm³/mol. The number of nitrogens with zero attached hydrogens (tertiary/aromatic N) is 3. The average Bonchev–Trinajstić information content (AvgIpc) is 3.88. The third-order valence-corrected chi connectivity index (χ3v) is 12.5. The van der Waals surface area contributed by atoms with Gasteiger partial charge in [-0.1, -0.05) is 68.1 Å². The molecule has 13 heteroatoms.